The molecule has 2 rings (SSSR count). The van der Waals surface area contributed by atoms with Crippen molar-refractivity contribution < 1.29 is 17.9 Å². The Morgan fingerprint density at radius 1 is 1.25 bits per heavy atom. The molecule has 1 aromatic carbocycles. The van der Waals surface area contributed by atoms with E-state index in [0.29, 0.717) is 13.7 Å². The van der Waals surface area contributed by atoms with Crippen molar-refractivity contribution in [3.05, 3.63) is 33.7 Å². The summed E-state index contributed by atoms with van der Waals surface area (Å²) in [6.45, 7) is 1.59. The number of nitrogens with zero attached hydrogens (tertiary/aromatic N) is 4. The monoisotopic (exact) mass is 463 g/mol. The highest BCUT2D eigenvalue weighted by atomic mass is 127. The number of ether oxygens (including phenoxy) is 1. The van der Waals surface area contributed by atoms with Crippen molar-refractivity contribution in [1.82, 2.24) is 19.3 Å². The van der Waals surface area contributed by atoms with Gasteiger partial charge in [-0.3, -0.25) is 5.32 Å². The number of aromatic nitrogens is 3. The number of urea groups is 1. The van der Waals surface area contributed by atoms with E-state index < -0.39 is 16.1 Å². The fourth-order valence-corrected chi connectivity index (χ4v) is 4.04. The topological polar surface area (TPSA) is 114 Å². The van der Waals surface area contributed by atoms with Crippen LogP contribution in [-0.4, -0.2) is 47.9 Å². The quantitative estimate of drug-likeness (QED) is 0.686. The van der Waals surface area contributed by atoms with Gasteiger partial charge in [-0.25, -0.2) is 17.5 Å². The van der Waals surface area contributed by atoms with Crippen LogP contribution in [-0.2, 0) is 10.0 Å². The van der Waals surface area contributed by atoms with Crippen LogP contribution in [0.25, 0.3) is 0 Å². The number of sulfonamides is 1. The minimum atomic E-state index is -4.00. The van der Waals surface area contributed by atoms with Gasteiger partial charge in [-0.15, -0.1) is 0 Å². The Morgan fingerprint density at radius 2 is 1.92 bits per heavy atom. The van der Waals surface area contributed by atoms with Crippen LogP contribution >= 0.6 is 22.6 Å². The number of aryl methyl sites for hydroxylation is 1. The lowest BCUT2D eigenvalue weighted by Gasteiger charge is -2.18. The predicted molar refractivity (Wildman–Crippen MR) is 94.2 cm³/mol. The number of rotatable bonds is 4. The third kappa shape index (κ3) is 3.90. The molecular weight excluding hydrogens is 449 g/mol. The first-order chi connectivity index (χ1) is 11.3. The van der Waals surface area contributed by atoms with Gasteiger partial charge in [0.2, 0.25) is 5.95 Å². The van der Waals surface area contributed by atoms with Gasteiger partial charge in [-0.2, -0.15) is 15.0 Å². The molecule has 2 amide bonds. The molecule has 11 heteroatoms. The minimum absolute atomic E-state index is 0.0147. The number of amides is 2. The predicted octanol–water partition coefficient (Wildman–Crippen LogP) is 1.65. The molecule has 9 nitrogen and oxygen atoms in total. The number of carbonyl (C=O) groups excluding carboxylic acids is 1. The summed E-state index contributed by atoms with van der Waals surface area (Å²) in [6, 6.07) is 5.47. The number of carbonyl (C=O) groups is 1. The van der Waals surface area contributed by atoms with Crippen LogP contribution in [0.3, 0.4) is 0 Å². The maximum atomic E-state index is 12.6. The fourth-order valence-electron chi connectivity index (χ4n) is 1.69. The van der Waals surface area contributed by atoms with Gasteiger partial charge < -0.3 is 4.74 Å². The number of halogens is 1. The SMILES string of the molecule is COc1nc(C)nc(NC(=O)N(C)S(=O)(=O)c2ccccc2I)n1. The minimum Gasteiger partial charge on any atom is -0.467 e. The fraction of sp³-hybridized carbons (Fsp3) is 0.231. The van der Waals surface area contributed by atoms with Gasteiger partial charge in [0.25, 0.3) is 10.0 Å². The van der Waals surface area contributed by atoms with Gasteiger partial charge in [-0.05, 0) is 41.6 Å². The van der Waals surface area contributed by atoms with Gasteiger partial charge in [0, 0.05) is 10.6 Å². The zero-order valence-electron chi connectivity index (χ0n) is 13.0. The lowest BCUT2D eigenvalue weighted by Crippen LogP contribution is -2.37. The summed E-state index contributed by atoms with van der Waals surface area (Å²) < 4.78 is 31.1. The van der Waals surface area contributed by atoms with Gasteiger partial charge >= 0.3 is 12.0 Å². The van der Waals surface area contributed by atoms with E-state index in [0.717, 1.165) is 7.05 Å². The molecule has 0 spiro atoms. The van der Waals surface area contributed by atoms with Crippen LogP contribution in [0.4, 0.5) is 10.7 Å². The zero-order valence-corrected chi connectivity index (χ0v) is 16.0. The molecule has 0 radical (unpaired) electrons. The first-order valence-electron chi connectivity index (χ1n) is 6.57. The van der Waals surface area contributed by atoms with E-state index in [4.69, 9.17) is 4.74 Å². The third-order valence-corrected chi connectivity index (χ3v) is 5.99. The molecule has 24 heavy (non-hydrogen) atoms. The summed E-state index contributed by atoms with van der Waals surface area (Å²) >= 11 is 1.89. The van der Waals surface area contributed by atoms with Crippen molar-refractivity contribution in [3.63, 3.8) is 0 Å². The first-order valence-corrected chi connectivity index (χ1v) is 9.08. The van der Waals surface area contributed by atoms with Crippen LogP contribution in [0.2, 0.25) is 0 Å². The second-order valence-electron chi connectivity index (χ2n) is 4.53. The standard InChI is InChI=1S/C13H14IN5O4S/c1-8-15-11(17-12(16-8)23-3)18-13(20)19(2)24(21,22)10-7-5-4-6-9(10)14/h4-7H,1-3H3,(H,15,16,17,18,20). The second-order valence-corrected chi connectivity index (χ2v) is 7.63. The van der Waals surface area contributed by atoms with E-state index in [-0.39, 0.29) is 16.9 Å². The molecule has 0 unspecified atom stereocenters. The molecular formula is C13H14IN5O4S. The van der Waals surface area contributed by atoms with E-state index in [1.165, 1.54) is 13.2 Å². The molecule has 0 bridgehead atoms. The summed E-state index contributed by atoms with van der Waals surface area (Å²) in [4.78, 5) is 23.9. The number of methoxy groups -OCH3 is 1. The van der Waals surface area contributed by atoms with Gasteiger partial charge in [0.05, 0.1) is 7.11 Å². The molecule has 0 atom stereocenters. The molecule has 0 aliphatic heterocycles. The summed E-state index contributed by atoms with van der Waals surface area (Å²) in [5, 5.41) is 2.32. The third-order valence-electron chi connectivity index (χ3n) is 2.89. The first kappa shape index (κ1) is 18.3. The Hall–Kier alpha value is -2.02. The van der Waals surface area contributed by atoms with Crippen molar-refractivity contribution in [2.45, 2.75) is 11.8 Å². The molecule has 2 aromatic rings. The number of anilines is 1. The van der Waals surface area contributed by atoms with Crippen molar-refractivity contribution in [2.24, 2.45) is 0 Å². The molecule has 1 N–H and O–H groups in total. The zero-order chi connectivity index (χ0) is 17.9. The molecule has 1 aromatic heterocycles. The maximum absolute atomic E-state index is 12.6. The number of nitrogens with one attached hydrogen (secondary N) is 1. The summed E-state index contributed by atoms with van der Waals surface area (Å²) in [5.41, 5.74) is 0. The average molecular weight is 463 g/mol. The molecule has 0 saturated carbocycles. The van der Waals surface area contributed by atoms with Crippen LogP contribution in [0.5, 0.6) is 6.01 Å². The molecule has 128 valence electrons. The van der Waals surface area contributed by atoms with Crippen molar-refractivity contribution in [2.75, 3.05) is 19.5 Å². The normalized spacial score (nSPS) is 11.0. The highest BCUT2D eigenvalue weighted by molar-refractivity contribution is 14.1. The molecule has 0 fully saturated rings. The Balaban J connectivity index is 2.27. The Kier molecular flexibility index (Phi) is 5.54. The average Bonchev–Trinajstić information content (AvgIpc) is 2.53. The number of hydrogen-bond acceptors (Lipinski definition) is 7. The van der Waals surface area contributed by atoms with Crippen LogP contribution < -0.4 is 10.1 Å². The Labute approximate surface area is 152 Å². The Morgan fingerprint density at radius 3 is 2.54 bits per heavy atom. The van der Waals surface area contributed by atoms with E-state index in [2.05, 4.69) is 20.3 Å². The lowest BCUT2D eigenvalue weighted by atomic mass is 10.4. The van der Waals surface area contributed by atoms with E-state index in [1.807, 2.05) is 22.6 Å². The van der Waals surface area contributed by atoms with Crippen molar-refractivity contribution >= 4 is 44.6 Å². The maximum Gasteiger partial charge on any atom is 0.337 e. The summed E-state index contributed by atoms with van der Waals surface area (Å²) in [5.74, 6) is 0.217. The van der Waals surface area contributed by atoms with E-state index in [1.54, 1.807) is 25.1 Å². The largest absolute Gasteiger partial charge is 0.467 e. The highest BCUT2D eigenvalue weighted by Crippen LogP contribution is 2.21. The van der Waals surface area contributed by atoms with E-state index in [9.17, 15) is 13.2 Å². The summed E-state index contributed by atoms with van der Waals surface area (Å²) in [7, 11) is -1.48. The number of benzene rings is 1. The van der Waals surface area contributed by atoms with Gasteiger partial charge in [-0.1, -0.05) is 12.1 Å². The molecule has 1 heterocycles. The van der Waals surface area contributed by atoms with Crippen LogP contribution in [0.15, 0.2) is 29.2 Å². The van der Waals surface area contributed by atoms with Crippen LogP contribution in [0, 0.1) is 10.5 Å². The summed E-state index contributed by atoms with van der Waals surface area (Å²) in [6.07, 6.45) is 0. The van der Waals surface area contributed by atoms with Gasteiger partial charge in [0.15, 0.2) is 0 Å². The van der Waals surface area contributed by atoms with E-state index >= 15 is 0 Å². The van der Waals surface area contributed by atoms with Gasteiger partial charge in [0.1, 0.15) is 10.7 Å². The Bertz CT molecular complexity index is 874. The number of hydrogen-bond donors (Lipinski definition) is 1. The van der Waals surface area contributed by atoms with Crippen LogP contribution in [0.1, 0.15) is 5.82 Å². The van der Waals surface area contributed by atoms with Crippen molar-refractivity contribution in [3.8, 4) is 6.01 Å². The smallest absolute Gasteiger partial charge is 0.337 e. The lowest BCUT2D eigenvalue weighted by molar-refractivity contribution is 0.240. The molecule has 0 aliphatic rings. The molecule has 0 aliphatic carbocycles. The highest BCUT2D eigenvalue weighted by Gasteiger charge is 2.28. The second kappa shape index (κ2) is 7.25. The molecule has 0 saturated heterocycles. The van der Waals surface area contributed by atoms with Crippen molar-refractivity contribution in [1.29, 1.82) is 0 Å².